The summed E-state index contributed by atoms with van der Waals surface area (Å²) in [5.41, 5.74) is 2.58. The summed E-state index contributed by atoms with van der Waals surface area (Å²) in [6.07, 6.45) is 2.36. The first kappa shape index (κ1) is 29.1. The molecule has 0 unspecified atom stereocenters. The van der Waals surface area contributed by atoms with Gasteiger partial charge in [-0.25, -0.2) is 4.98 Å². The molecule has 11 heteroatoms. The summed E-state index contributed by atoms with van der Waals surface area (Å²) in [7, 11) is 1.59. The molecule has 7 rings (SSSR count). The molecule has 2 aromatic carbocycles. The Morgan fingerprint density at radius 2 is 1.98 bits per heavy atom. The Bertz CT molecular complexity index is 1500. The highest BCUT2D eigenvalue weighted by Crippen LogP contribution is 2.34. The molecule has 4 aliphatic rings. The highest BCUT2D eigenvalue weighted by Gasteiger charge is 2.39. The lowest BCUT2D eigenvalue weighted by Crippen LogP contribution is -2.49. The zero-order valence-electron chi connectivity index (χ0n) is 24.4. The molecule has 43 heavy (non-hydrogen) atoms. The fourth-order valence-electron chi connectivity index (χ4n) is 5.63. The van der Waals surface area contributed by atoms with Gasteiger partial charge in [0.25, 0.3) is 0 Å². The van der Waals surface area contributed by atoms with E-state index < -0.39 is 12.1 Å². The maximum absolute atomic E-state index is 13.3. The Labute approximate surface area is 254 Å². The van der Waals surface area contributed by atoms with E-state index >= 15 is 0 Å². The van der Waals surface area contributed by atoms with Gasteiger partial charge in [-0.1, -0.05) is 18.2 Å². The average Bonchev–Trinajstić information content (AvgIpc) is 3.64. The van der Waals surface area contributed by atoms with Crippen LogP contribution in [0.25, 0.3) is 0 Å². The number of carbonyl (C=O) groups is 3. The standard InChI is InChI=1S/C32H36N4O6S/c1-20-33-23(19-43-20)14-32(39)35-15-26-29(16-35)41-18-22-4-3-5-25(12-22)42-27-10-6-21(13-28(27)40-2)7-11-31(38)36(24-8-9-24)17-30(37)34-26/h3-6,10,12-13,19,24,26,29H,7-9,11,14-18H2,1-2H3,(H,34,37)/t26-,29-/m0/s1. The topological polar surface area (TPSA) is 110 Å². The predicted molar refractivity (Wildman–Crippen MR) is 160 cm³/mol. The zero-order valence-corrected chi connectivity index (χ0v) is 25.2. The zero-order chi connectivity index (χ0) is 29.9. The van der Waals surface area contributed by atoms with Crippen LogP contribution in [0.1, 0.15) is 41.1 Å². The fourth-order valence-corrected chi connectivity index (χ4v) is 6.24. The SMILES string of the molecule is COc1cc2ccc1Oc1cccc(c1)CO[C@H]1CN(C(=O)Cc3csc(C)n3)C[C@@H]1NC(=O)CN(C1CC1)C(=O)CC2. The maximum atomic E-state index is 13.3. The normalized spacial score (nSPS) is 21.3. The number of nitrogens with one attached hydrogen (secondary N) is 1. The summed E-state index contributed by atoms with van der Waals surface area (Å²) in [6.45, 7) is 2.84. The maximum Gasteiger partial charge on any atom is 0.240 e. The number of carbonyl (C=O) groups excluding carboxylic acids is 3. The van der Waals surface area contributed by atoms with Gasteiger partial charge in [0, 0.05) is 30.9 Å². The molecule has 2 fully saturated rings. The van der Waals surface area contributed by atoms with Crippen LogP contribution in [0, 0.1) is 6.92 Å². The number of amides is 3. The summed E-state index contributed by atoms with van der Waals surface area (Å²) in [5, 5.41) is 5.91. The minimum atomic E-state index is -0.422. The van der Waals surface area contributed by atoms with Crippen molar-refractivity contribution in [1.82, 2.24) is 20.1 Å². The first-order valence-electron chi connectivity index (χ1n) is 14.7. The molecular weight excluding hydrogens is 568 g/mol. The quantitative estimate of drug-likeness (QED) is 0.484. The first-order chi connectivity index (χ1) is 20.8. The molecule has 2 atom stereocenters. The molecule has 1 saturated heterocycles. The smallest absolute Gasteiger partial charge is 0.240 e. The van der Waals surface area contributed by atoms with Crippen LogP contribution in [0.3, 0.4) is 0 Å². The van der Waals surface area contributed by atoms with E-state index in [0.29, 0.717) is 36.8 Å². The van der Waals surface area contributed by atoms with E-state index in [4.69, 9.17) is 14.2 Å². The van der Waals surface area contributed by atoms with Crippen molar-refractivity contribution in [3.05, 3.63) is 69.7 Å². The first-order valence-corrected chi connectivity index (χ1v) is 15.6. The van der Waals surface area contributed by atoms with E-state index in [-0.39, 0.29) is 49.8 Å². The number of ether oxygens (including phenoxy) is 3. The number of hydrogen-bond acceptors (Lipinski definition) is 8. The molecular formula is C32H36N4O6S. The van der Waals surface area contributed by atoms with Gasteiger partial charge in [0.2, 0.25) is 17.7 Å². The molecule has 1 aliphatic carbocycles. The van der Waals surface area contributed by atoms with Crippen LogP contribution in [0.15, 0.2) is 47.8 Å². The summed E-state index contributed by atoms with van der Waals surface area (Å²) >= 11 is 1.52. The molecule has 3 aromatic rings. The molecule has 0 spiro atoms. The number of methoxy groups -OCH3 is 1. The summed E-state index contributed by atoms with van der Waals surface area (Å²) in [4.78, 5) is 47.7. The Kier molecular flexibility index (Phi) is 8.62. The van der Waals surface area contributed by atoms with Crippen LogP contribution in [0.5, 0.6) is 17.2 Å². The van der Waals surface area contributed by atoms with Crippen LogP contribution in [0.4, 0.5) is 0 Å². The average molecular weight is 605 g/mol. The third kappa shape index (κ3) is 7.17. The number of thiazole rings is 1. The molecule has 4 bridgehead atoms. The van der Waals surface area contributed by atoms with Gasteiger partial charge in [-0.15, -0.1) is 11.3 Å². The van der Waals surface area contributed by atoms with Crippen LogP contribution < -0.4 is 14.8 Å². The molecule has 1 saturated carbocycles. The van der Waals surface area contributed by atoms with E-state index in [1.54, 1.807) is 16.9 Å². The second-order valence-electron chi connectivity index (χ2n) is 11.3. The Morgan fingerprint density at radius 3 is 2.74 bits per heavy atom. The predicted octanol–water partition coefficient (Wildman–Crippen LogP) is 3.64. The van der Waals surface area contributed by atoms with Gasteiger partial charge in [-0.05, 0) is 61.6 Å². The summed E-state index contributed by atoms with van der Waals surface area (Å²) in [5.74, 6) is 1.42. The second kappa shape index (κ2) is 12.7. The largest absolute Gasteiger partial charge is 0.493 e. The van der Waals surface area contributed by atoms with E-state index in [2.05, 4.69) is 10.3 Å². The van der Waals surface area contributed by atoms with Crippen LogP contribution in [-0.4, -0.2) is 77.4 Å². The highest BCUT2D eigenvalue weighted by atomic mass is 32.1. The Hall–Kier alpha value is -3.96. The Morgan fingerprint density at radius 1 is 1.12 bits per heavy atom. The molecule has 3 aliphatic heterocycles. The number of benzene rings is 2. The number of aromatic nitrogens is 1. The number of aryl methyl sites for hydroxylation is 2. The van der Waals surface area contributed by atoms with Crippen LogP contribution >= 0.6 is 11.3 Å². The second-order valence-corrected chi connectivity index (χ2v) is 12.4. The molecule has 4 heterocycles. The lowest BCUT2D eigenvalue weighted by atomic mass is 10.1. The Balaban J connectivity index is 1.24. The van der Waals surface area contributed by atoms with Gasteiger partial charge in [0.05, 0.1) is 49.5 Å². The summed E-state index contributed by atoms with van der Waals surface area (Å²) < 4.78 is 18.1. The number of hydrogen-bond donors (Lipinski definition) is 1. The summed E-state index contributed by atoms with van der Waals surface area (Å²) in [6, 6.07) is 13.0. The van der Waals surface area contributed by atoms with E-state index in [1.165, 1.54) is 11.3 Å². The molecule has 0 radical (unpaired) electrons. The van der Waals surface area contributed by atoms with Crippen molar-refractivity contribution in [2.45, 2.75) is 63.8 Å². The van der Waals surface area contributed by atoms with Crippen molar-refractivity contribution in [1.29, 1.82) is 0 Å². The molecule has 1 aromatic heterocycles. The van der Waals surface area contributed by atoms with Gasteiger partial charge in [-0.2, -0.15) is 0 Å². The van der Waals surface area contributed by atoms with E-state index in [0.717, 1.165) is 34.7 Å². The van der Waals surface area contributed by atoms with Gasteiger partial charge >= 0.3 is 0 Å². The van der Waals surface area contributed by atoms with Gasteiger partial charge in [0.15, 0.2) is 11.5 Å². The van der Waals surface area contributed by atoms with Crippen molar-refractivity contribution in [3.8, 4) is 17.2 Å². The van der Waals surface area contributed by atoms with Gasteiger partial charge in [0.1, 0.15) is 5.75 Å². The lowest BCUT2D eigenvalue weighted by Gasteiger charge is -2.25. The van der Waals surface area contributed by atoms with E-state index in [9.17, 15) is 14.4 Å². The third-order valence-electron chi connectivity index (χ3n) is 8.03. The third-order valence-corrected chi connectivity index (χ3v) is 8.85. The van der Waals surface area contributed by atoms with Crippen LogP contribution in [-0.2, 0) is 38.6 Å². The molecule has 3 amide bonds. The highest BCUT2D eigenvalue weighted by molar-refractivity contribution is 7.09. The monoisotopic (exact) mass is 604 g/mol. The van der Waals surface area contributed by atoms with Crippen molar-refractivity contribution < 1.29 is 28.6 Å². The van der Waals surface area contributed by atoms with Crippen molar-refractivity contribution in [2.24, 2.45) is 0 Å². The minimum absolute atomic E-state index is 0.0170. The van der Waals surface area contributed by atoms with Crippen LogP contribution in [0.2, 0.25) is 0 Å². The minimum Gasteiger partial charge on any atom is -0.493 e. The van der Waals surface area contributed by atoms with Gasteiger partial charge in [-0.3, -0.25) is 14.4 Å². The molecule has 10 nitrogen and oxygen atoms in total. The van der Waals surface area contributed by atoms with E-state index in [1.807, 2.05) is 54.8 Å². The number of fused-ring (bicyclic) bond motifs is 9. The number of likely N-dealkylation sites (tertiary alicyclic amines) is 1. The van der Waals surface area contributed by atoms with Crippen molar-refractivity contribution in [3.63, 3.8) is 0 Å². The fraction of sp³-hybridized carbons (Fsp3) is 0.438. The number of nitrogens with zero attached hydrogens (tertiary/aromatic N) is 3. The van der Waals surface area contributed by atoms with Crippen molar-refractivity contribution >= 4 is 29.1 Å². The van der Waals surface area contributed by atoms with Crippen molar-refractivity contribution in [2.75, 3.05) is 26.7 Å². The number of rotatable bonds is 4. The lowest BCUT2D eigenvalue weighted by molar-refractivity contribution is -0.137. The molecule has 1 N–H and O–H groups in total. The molecule has 226 valence electrons. The van der Waals surface area contributed by atoms with Gasteiger partial charge < -0.3 is 29.3 Å².